The molecule has 0 radical (unpaired) electrons. The van der Waals surface area contributed by atoms with Crippen LogP contribution >= 0.6 is 39.1 Å². The van der Waals surface area contributed by atoms with Crippen LogP contribution in [0.15, 0.2) is 40.9 Å². The highest BCUT2D eigenvalue weighted by atomic mass is 79.9. The van der Waals surface area contributed by atoms with Crippen molar-refractivity contribution in [1.82, 2.24) is 9.78 Å². The van der Waals surface area contributed by atoms with E-state index in [1.165, 1.54) is 0 Å². The molecule has 0 amide bonds. The van der Waals surface area contributed by atoms with Gasteiger partial charge >= 0.3 is 5.97 Å². The van der Waals surface area contributed by atoms with E-state index in [9.17, 15) is 4.79 Å². The smallest absolute Gasteiger partial charge is 0.359 e. The number of aromatic nitrogens is 2. The Morgan fingerprint density at radius 2 is 2.04 bits per heavy atom. The van der Waals surface area contributed by atoms with Gasteiger partial charge in [0.2, 0.25) is 0 Å². The molecule has 0 unspecified atom stereocenters. The van der Waals surface area contributed by atoms with Crippen LogP contribution in [0.5, 0.6) is 0 Å². The second-order valence-corrected chi connectivity index (χ2v) is 6.50. The van der Waals surface area contributed by atoms with E-state index in [1.807, 2.05) is 18.2 Å². The van der Waals surface area contributed by atoms with Gasteiger partial charge in [0, 0.05) is 14.9 Å². The molecule has 0 saturated carbocycles. The minimum Gasteiger partial charge on any atom is -0.461 e. The number of benzene rings is 2. The van der Waals surface area contributed by atoms with Crippen molar-refractivity contribution >= 4 is 56.0 Å². The quantitative estimate of drug-likeness (QED) is 0.549. The minimum atomic E-state index is -0.469. The molecule has 0 saturated heterocycles. The number of ether oxygens (including phenoxy) is 1. The first-order chi connectivity index (χ1) is 11.0. The number of halogens is 3. The molecule has 7 heteroatoms. The first-order valence-corrected chi connectivity index (χ1v) is 8.37. The number of esters is 1. The zero-order valence-electron chi connectivity index (χ0n) is 12.0. The molecule has 118 valence electrons. The van der Waals surface area contributed by atoms with Crippen molar-refractivity contribution in [2.45, 2.75) is 6.92 Å². The Kier molecular flexibility index (Phi) is 4.62. The van der Waals surface area contributed by atoms with Crippen molar-refractivity contribution in [3.63, 3.8) is 0 Å². The van der Waals surface area contributed by atoms with Crippen LogP contribution in [0.4, 0.5) is 0 Å². The molecule has 0 aliphatic carbocycles. The monoisotopic (exact) mass is 412 g/mol. The zero-order chi connectivity index (χ0) is 16.6. The van der Waals surface area contributed by atoms with Crippen LogP contribution in [0, 0.1) is 0 Å². The lowest BCUT2D eigenvalue weighted by molar-refractivity contribution is 0.0521. The van der Waals surface area contributed by atoms with E-state index in [1.54, 1.807) is 29.8 Å². The molecule has 0 spiro atoms. The summed E-state index contributed by atoms with van der Waals surface area (Å²) in [7, 11) is 0. The predicted octanol–water partition coefficient (Wildman–Crippen LogP) is 5.27. The first-order valence-electron chi connectivity index (χ1n) is 6.82. The lowest BCUT2D eigenvalue weighted by atomic mass is 10.2. The average molecular weight is 414 g/mol. The highest BCUT2D eigenvalue weighted by molar-refractivity contribution is 9.10. The lowest BCUT2D eigenvalue weighted by Crippen LogP contribution is -2.07. The summed E-state index contributed by atoms with van der Waals surface area (Å²) in [4.78, 5) is 12.2. The number of carbonyl (C=O) groups excluding carboxylic acids is 1. The molecule has 1 aromatic heterocycles. The largest absolute Gasteiger partial charge is 0.461 e. The SMILES string of the molecule is CCOC(=O)c1nn(-c2ccc(Cl)cc2Cl)c2cc(Br)ccc12. The fourth-order valence-electron chi connectivity index (χ4n) is 2.27. The van der Waals surface area contributed by atoms with Gasteiger partial charge in [-0.1, -0.05) is 39.1 Å². The van der Waals surface area contributed by atoms with E-state index in [-0.39, 0.29) is 12.3 Å². The third kappa shape index (κ3) is 3.09. The van der Waals surface area contributed by atoms with Gasteiger partial charge in [0.1, 0.15) is 0 Å². The van der Waals surface area contributed by atoms with Gasteiger partial charge in [0.05, 0.1) is 22.8 Å². The third-order valence-corrected chi connectivity index (χ3v) is 4.28. The van der Waals surface area contributed by atoms with Gasteiger partial charge in [-0.25, -0.2) is 9.48 Å². The number of hydrogen-bond donors (Lipinski definition) is 0. The maximum Gasteiger partial charge on any atom is 0.359 e. The van der Waals surface area contributed by atoms with Crippen LogP contribution < -0.4 is 0 Å². The van der Waals surface area contributed by atoms with Gasteiger partial charge in [-0.2, -0.15) is 5.10 Å². The van der Waals surface area contributed by atoms with Crippen molar-refractivity contribution < 1.29 is 9.53 Å². The fourth-order valence-corrected chi connectivity index (χ4v) is 3.11. The zero-order valence-corrected chi connectivity index (χ0v) is 15.1. The Hall–Kier alpha value is -1.56. The molecular formula is C16H11BrCl2N2O2. The maximum absolute atomic E-state index is 12.2. The third-order valence-electron chi connectivity index (χ3n) is 3.25. The van der Waals surface area contributed by atoms with E-state index < -0.39 is 5.97 Å². The Morgan fingerprint density at radius 1 is 1.26 bits per heavy atom. The van der Waals surface area contributed by atoms with Gasteiger partial charge in [0.25, 0.3) is 0 Å². The van der Waals surface area contributed by atoms with Crippen LogP contribution in [-0.4, -0.2) is 22.4 Å². The topological polar surface area (TPSA) is 44.1 Å². The summed E-state index contributed by atoms with van der Waals surface area (Å²) in [6.07, 6.45) is 0. The van der Waals surface area contributed by atoms with Crippen LogP contribution in [0.1, 0.15) is 17.4 Å². The van der Waals surface area contributed by atoms with E-state index >= 15 is 0 Å². The van der Waals surface area contributed by atoms with Crippen LogP contribution in [-0.2, 0) is 4.74 Å². The van der Waals surface area contributed by atoms with Gasteiger partial charge in [0.15, 0.2) is 5.69 Å². The summed E-state index contributed by atoms with van der Waals surface area (Å²) in [5, 5.41) is 6.07. The molecular weight excluding hydrogens is 403 g/mol. The number of hydrogen-bond acceptors (Lipinski definition) is 3. The molecule has 4 nitrogen and oxygen atoms in total. The molecule has 0 atom stereocenters. The van der Waals surface area contributed by atoms with Gasteiger partial charge in [-0.15, -0.1) is 0 Å². The van der Waals surface area contributed by atoms with E-state index in [2.05, 4.69) is 21.0 Å². The Labute approximate surface area is 151 Å². The number of carbonyl (C=O) groups is 1. The molecule has 23 heavy (non-hydrogen) atoms. The highest BCUT2D eigenvalue weighted by Gasteiger charge is 2.20. The molecule has 3 rings (SSSR count). The molecule has 0 aliphatic heterocycles. The summed E-state index contributed by atoms with van der Waals surface area (Å²) in [5.74, 6) is -0.469. The van der Waals surface area contributed by atoms with E-state index in [0.29, 0.717) is 21.1 Å². The Morgan fingerprint density at radius 3 is 2.74 bits per heavy atom. The Balaban J connectivity index is 2.28. The summed E-state index contributed by atoms with van der Waals surface area (Å²) in [6, 6.07) is 10.6. The van der Waals surface area contributed by atoms with Crippen molar-refractivity contribution in [3.8, 4) is 5.69 Å². The highest BCUT2D eigenvalue weighted by Crippen LogP contribution is 2.30. The standard InChI is InChI=1S/C16H11BrCl2N2O2/c1-2-23-16(22)15-11-5-3-9(17)7-14(11)21(20-15)13-6-4-10(18)8-12(13)19/h3-8H,2H2,1H3. The summed E-state index contributed by atoms with van der Waals surface area (Å²) in [5.41, 5.74) is 1.63. The minimum absolute atomic E-state index is 0.250. The number of rotatable bonds is 3. The second-order valence-electron chi connectivity index (χ2n) is 4.74. The normalized spacial score (nSPS) is 11.0. The van der Waals surface area contributed by atoms with E-state index in [4.69, 9.17) is 27.9 Å². The van der Waals surface area contributed by atoms with Gasteiger partial charge in [-0.3, -0.25) is 0 Å². The van der Waals surface area contributed by atoms with Crippen LogP contribution in [0.25, 0.3) is 16.6 Å². The van der Waals surface area contributed by atoms with Crippen molar-refractivity contribution in [3.05, 3.63) is 56.6 Å². The van der Waals surface area contributed by atoms with Gasteiger partial charge in [-0.05, 0) is 43.3 Å². The Bertz CT molecular complexity index is 908. The molecule has 0 bridgehead atoms. The average Bonchev–Trinajstić information content (AvgIpc) is 2.86. The fraction of sp³-hybridized carbons (Fsp3) is 0.125. The maximum atomic E-state index is 12.2. The molecule has 0 fully saturated rings. The molecule has 2 aromatic carbocycles. The van der Waals surface area contributed by atoms with Gasteiger partial charge < -0.3 is 4.74 Å². The lowest BCUT2D eigenvalue weighted by Gasteiger charge is -2.06. The molecule has 3 aromatic rings. The first kappa shape index (κ1) is 16.3. The van der Waals surface area contributed by atoms with Crippen molar-refractivity contribution in [1.29, 1.82) is 0 Å². The van der Waals surface area contributed by atoms with Crippen molar-refractivity contribution in [2.24, 2.45) is 0 Å². The van der Waals surface area contributed by atoms with Crippen molar-refractivity contribution in [2.75, 3.05) is 6.61 Å². The number of fused-ring (bicyclic) bond motifs is 1. The summed E-state index contributed by atoms with van der Waals surface area (Å²) >= 11 is 15.7. The number of nitrogens with zero attached hydrogens (tertiary/aromatic N) is 2. The van der Waals surface area contributed by atoms with Crippen LogP contribution in [0.3, 0.4) is 0 Å². The molecule has 1 heterocycles. The molecule has 0 N–H and O–H groups in total. The van der Waals surface area contributed by atoms with E-state index in [0.717, 1.165) is 9.99 Å². The summed E-state index contributed by atoms with van der Waals surface area (Å²) < 4.78 is 7.57. The predicted molar refractivity (Wildman–Crippen MR) is 94.7 cm³/mol. The van der Waals surface area contributed by atoms with Crippen LogP contribution in [0.2, 0.25) is 10.0 Å². The summed E-state index contributed by atoms with van der Waals surface area (Å²) in [6.45, 7) is 2.04. The molecule has 0 aliphatic rings. The second kappa shape index (κ2) is 6.51.